The van der Waals surface area contributed by atoms with Gasteiger partial charge in [0, 0.05) is 35.1 Å². The van der Waals surface area contributed by atoms with Crippen molar-refractivity contribution in [3.63, 3.8) is 0 Å². The number of nitrogens with zero attached hydrogens (tertiary/aromatic N) is 2. The van der Waals surface area contributed by atoms with Gasteiger partial charge in [0.25, 0.3) is 0 Å². The molecular weight excluding hydrogens is 360 g/mol. The fourth-order valence-electron chi connectivity index (χ4n) is 3.49. The number of phenols is 1. The van der Waals surface area contributed by atoms with Crippen molar-refractivity contribution in [2.45, 2.75) is 19.9 Å². The van der Waals surface area contributed by atoms with E-state index in [2.05, 4.69) is 39.7 Å². The van der Waals surface area contributed by atoms with Gasteiger partial charge in [-0.1, -0.05) is 36.4 Å². The number of benzene rings is 2. The first-order valence-electron chi connectivity index (χ1n) is 9.76. The summed E-state index contributed by atoms with van der Waals surface area (Å²) in [4.78, 5) is 8.97. The largest absolute Gasteiger partial charge is 0.505 e. The molecule has 0 aliphatic carbocycles. The topological polar surface area (TPSA) is 70.1 Å². The third kappa shape index (κ3) is 3.99. The summed E-state index contributed by atoms with van der Waals surface area (Å²) in [5.41, 5.74) is 4.30. The van der Waals surface area contributed by atoms with Crippen LogP contribution in [0, 0.1) is 6.92 Å². The number of phenolic OH excluding ortho intramolecular Hbond substituents is 1. The maximum Gasteiger partial charge on any atom is 0.147 e. The van der Waals surface area contributed by atoms with Gasteiger partial charge >= 0.3 is 0 Å². The van der Waals surface area contributed by atoms with E-state index in [1.165, 1.54) is 0 Å². The number of anilines is 2. The van der Waals surface area contributed by atoms with Crippen LogP contribution in [0.2, 0.25) is 0 Å². The molecular formula is C24H24N4O. The lowest BCUT2D eigenvalue weighted by Crippen LogP contribution is -2.14. The normalized spacial score (nSPS) is 11.9. The third-order valence-electron chi connectivity index (χ3n) is 4.87. The Kier molecular flexibility index (Phi) is 5.29. The third-order valence-corrected chi connectivity index (χ3v) is 4.87. The highest BCUT2D eigenvalue weighted by Gasteiger charge is 2.21. The van der Waals surface area contributed by atoms with E-state index in [4.69, 9.17) is 0 Å². The predicted molar refractivity (Wildman–Crippen MR) is 118 cm³/mol. The zero-order valence-corrected chi connectivity index (χ0v) is 16.6. The number of hydrogen-bond acceptors (Lipinski definition) is 5. The van der Waals surface area contributed by atoms with E-state index in [1.54, 1.807) is 6.20 Å². The van der Waals surface area contributed by atoms with Crippen LogP contribution in [0.3, 0.4) is 0 Å². The van der Waals surface area contributed by atoms with E-state index in [1.807, 2.05) is 61.5 Å². The van der Waals surface area contributed by atoms with Crippen LogP contribution in [0.25, 0.3) is 10.9 Å². The molecule has 0 aliphatic rings. The molecule has 2 heterocycles. The summed E-state index contributed by atoms with van der Waals surface area (Å²) < 4.78 is 0. The Balaban J connectivity index is 1.85. The van der Waals surface area contributed by atoms with Gasteiger partial charge in [-0.15, -0.1) is 0 Å². The van der Waals surface area contributed by atoms with Crippen molar-refractivity contribution < 1.29 is 5.11 Å². The van der Waals surface area contributed by atoms with Crippen LogP contribution in [0.4, 0.5) is 11.5 Å². The molecule has 1 atom stereocenters. The van der Waals surface area contributed by atoms with Gasteiger partial charge in [-0.05, 0) is 49.7 Å². The SMILES string of the molecule is CCNc1cccc(C(Nc2ccccn2)c2ccc3ccc(C)nc3c2O)c1. The van der Waals surface area contributed by atoms with Gasteiger partial charge in [0.15, 0.2) is 0 Å². The predicted octanol–water partition coefficient (Wildman–Crippen LogP) is 5.28. The van der Waals surface area contributed by atoms with Gasteiger partial charge in [0.1, 0.15) is 17.1 Å². The average molecular weight is 384 g/mol. The molecule has 3 N–H and O–H groups in total. The smallest absolute Gasteiger partial charge is 0.147 e. The maximum absolute atomic E-state index is 11.1. The monoisotopic (exact) mass is 384 g/mol. The number of aromatic nitrogens is 2. The minimum absolute atomic E-state index is 0.188. The van der Waals surface area contributed by atoms with Crippen molar-refractivity contribution in [3.05, 3.63) is 89.7 Å². The van der Waals surface area contributed by atoms with Crippen molar-refractivity contribution in [2.24, 2.45) is 0 Å². The number of pyridine rings is 2. The minimum atomic E-state index is -0.282. The zero-order valence-electron chi connectivity index (χ0n) is 16.6. The molecule has 4 rings (SSSR count). The first-order valence-corrected chi connectivity index (χ1v) is 9.76. The Morgan fingerprint density at radius 1 is 1.00 bits per heavy atom. The molecule has 0 spiro atoms. The number of fused-ring (bicyclic) bond motifs is 1. The fourth-order valence-corrected chi connectivity index (χ4v) is 3.49. The maximum atomic E-state index is 11.1. The van der Waals surface area contributed by atoms with E-state index in [-0.39, 0.29) is 11.8 Å². The van der Waals surface area contributed by atoms with Crippen LogP contribution >= 0.6 is 0 Å². The summed E-state index contributed by atoms with van der Waals surface area (Å²) in [6, 6.07) is 21.5. The molecule has 5 heteroatoms. The summed E-state index contributed by atoms with van der Waals surface area (Å²) in [6.07, 6.45) is 1.75. The molecule has 0 bridgehead atoms. The van der Waals surface area contributed by atoms with Crippen molar-refractivity contribution in [1.29, 1.82) is 0 Å². The summed E-state index contributed by atoms with van der Waals surface area (Å²) in [6.45, 7) is 4.83. The van der Waals surface area contributed by atoms with Gasteiger partial charge in [0.2, 0.25) is 0 Å². The van der Waals surface area contributed by atoms with Crippen molar-refractivity contribution in [2.75, 3.05) is 17.2 Å². The van der Waals surface area contributed by atoms with Crippen LogP contribution in [0.5, 0.6) is 5.75 Å². The molecule has 0 aliphatic heterocycles. The van der Waals surface area contributed by atoms with E-state index in [0.29, 0.717) is 5.52 Å². The quantitative estimate of drug-likeness (QED) is 0.422. The second-order valence-electron chi connectivity index (χ2n) is 6.98. The second kappa shape index (κ2) is 8.19. The molecule has 0 saturated heterocycles. The second-order valence-corrected chi connectivity index (χ2v) is 6.98. The molecule has 0 radical (unpaired) electrons. The number of aryl methyl sites for hydroxylation is 1. The highest BCUT2D eigenvalue weighted by molar-refractivity contribution is 5.86. The summed E-state index contributed by atoms with van der Waals surface area (Å²) in [7, 11) is 0. The molecule has 146 valence electrons. The van der Waals surface area contributed by atoms with Crippen molar-refractivity contribution in [3.8, 4) is 5.75 Å². The molecule has 5 nitrogen and oxygen atoms in total. The Morgan fingerprint density at radius 2 is 1.86 bits per heavy atom. The highest BCUT2D eigenvalue weighted by Crippen LogP contribution is 2.37. The average Bonchev–Trinajstić information content (AvgIpc) is 2.74. The molecule has 0 amide bonds. The van der Waals surface area contributed by atoms with Gasteiger partial charge in [-0.25, -0.2) is 9.97 Å². The van der Waals surface area contributed by atoms with Crippen LogP contribution in [0.1, 0.15) is 29.8 Å². The molecule has 2 aromatic carbocycles. The first kappa shape index (κ1) is 18.7. The van der Waals surface area contributed by atoms with E-state index in [0.717, 1.165) is 40.3 Å². The van der Waals surface area contributed by atoms with Crippen LogP contribution in [-0.4, -0.2) is 21.6 Å². The molecule has 4 aromatic rings. The lowest BCUT2D eigenvalue weighted by Gasteiger charge is -2.22. The lowest BCUT2D eigenvalue weighted by atomic mass is 9.95. The summed E-state index contributed by atoms with van der Waals surface area (Å²) >= 11 is 0. The summed E-state index contributed by atoms with van der Waals surface area (Å²) in [5.74, 6) is 0.927. The van der Waals surface area contributed by atoms with Gasteiger partial charge in [-0.2, -0.15) is 0 Å². The lowest BCUT2D eigenvalue weighted by molar-refractivity contribution is 0.471. The van der Waals surface area contributed by atoms with Gasteiger partial charge < -0.3 is 15.7 Å². The minimum Gasteiger partial charge on any atom is -0.505 e. The first-order chi connectivity index (χ1) is 14.2. The number of rotatable bonds is 6. The highest BCUT2D eigenvalue weighted by atomic mass is 16.3. The number of hydrogen-bond donors (Lipinski definition) is 3. The number of nitrogens with one attached hydrogen (secondary N) is 2. The van der Waals surface area contributed by atoms with Crippen LogP contribution < -0.4 is 10.6 Å². The Labute approximate surface area is 170 Å². The van der Waals surface area contributed by atoms with Crippen LogP contribution in [0.15, 0.2) is 72.9 Å². The van der Waals surface area contributed by atoms with E-state index >= 15 is 0 Å². The number of aromatic hydroxyl groups is 1. The molecule has 29 heavy (non-hydrogen) atoms. The van der Waals surface area contributed by atoms with Gasteiger partial charge in [-0.3, -0.25) is 0 Å². The van der Waals surface area contributed by atoms with E-state index < -0.39 is 0 Å². The van der Waals surface area contributed by atoms with Crippen molar-refractivity contribution in [1.82, 2.24) is 9.97 Å². The fraction of sp³-hybridized carbons (Fsp3) is 0.167. The standard InChI is InChI=1S/C24H24N4O/c1-3-25-19-8-6-7-18(15-19)22(28-21-9-4-5-14-26-21)20-13-12-17-11-10-16(2)27-23(17)24(20)29/h4-15,22,25,29H,3H2,1-2H3,(H,26,28). The Morgan fingerprint density at radius 3 is 2.66 bits per heavy atom. The Bertz CT molecular complexity index is 1130. The Hall–Kier alpha value is -3.60. The molecule has 0 saturated carbocycles. The van der Waals surface area contributed by atoms with Crippen molar-refractivity contribution >= 4 is 22.4 Å². The molecule has 0 fully saturated rings. The molecule has 2 aromatic heterocycles. The zero-order chi connectivity index (χ0) is 20.2. The van der Waals surface area contributed by atoms with Crippen LogP contribution in [-0.2, 0) is 0 Å². The summed E-state index contributed by atoms with van der Waals surface area (Å²) in [5, 5.41) is 18.9. The van der Waals surface area contributed by atoms with E-state index in [9.17, 15) is 5.11 Å². The molecule has 1 unspecified atom stereocenters. The van der Waals surface area contributed by atoms with Gasteiger partial charge in [0.05, 0.1) is 6.04 Å².